The van der Waals surface area contributed by atoms with Crippen molar-refractivity contribution in [3.05, 3.63) is 88.4 Å². The molecule has 2 aromatic heterocycles. The summed E-state index contributed by atoms with van der Waals surface area (Å²) in [6.07, 6.45) is 0. The van der Waals surface area contributed by atoms with E-state index in [1.165, 1.54) is 0 Å². The lowest BCUT2D eigenvalue weighted by Crippen LogP contribution is -2.30. The third-order valence-electron chi connectivity index (χ3n) is 7.27. The number of aromatic nitrogens is 4. The van der Waals surface area contributed by atoms with Crippen molar-refractivity contribution < 1.29 is 9.47 Å². The molecule has 0 amide bonds. The molecule has 0 unspecified atom stereocenters. The van der Waals surface area contributed by atoms with Crippen LogP contribution in [0, 0.1) is 10.8 Å². The van der Waals surface area contributed by atoms with E-state index in [2.05, 4.69) is 36.5 Å². The first-order valence-electron chi connectivity index (χ1n) is 14.9. The van der Waals surface area contributed by atoms with Crippen molar-refractivity contribution in [2.24, 2.45) is 0 Å². The van der Waals surface area contributed by atoms with Gasteiger partial charge in [-0.15, -0.1) is 0 Å². The number of nitrogens with one attached hydrogen (secondary N) is 6. The van der Waals surface area contributed by atoms with Gasteiger partial charge in [-0.05, 0) is 110 Å². The highest BCUT2D eigenvalue weighted by molar-refractivity contribution is 9.10. The van der Waals surface area contributed by atoms with Crippen molar-refractivity contribution in [2.75, 3.05) is 7.11 Å². The van der Waals surface area contributed by atoms with Crippen LogP contribution in [0.15, 0.2) is 77.3 Å². The van der Waals surface area contributed by atoms with E-state index in [0.29, 0.717) is 40.6 Å². The average molecular weight is 680 g/mol. The van der Waals surface area contributed by atoms with Crippen molar-refractivity contribution in [3.8, 4) is 40.0 Å². The predicted molar refractivity (Wildman–Crippen MR) is 188 cm³/mol. The number of imidazole rings is 2. The quantitative estimate of drug-likeness (QED) is 0.0675. The van der Waals surface area contributed by atoms with E-state index < -0.39 is 0 Å². The molecule has 0 aliphatic heterocycles. The zero-order valence-electron chi connectivity index (χ0n) is 26.2. The van der Waals surface area contributed by atoms with Gasteiger partial charge in [0.2, 0.25) is 0 Å². The van der Waals surface area contributed by atoms with E-state index in [-0.39, 0.29) is 12.1 Å². The van der Waals surface area contributed by atoms with Crippen LogP contribution in [-0.4, -0.2) is 50.8 Å². The molecule has 10 nitrogen and oxygen atoms in total. The molecule has 4 aromatic carbocycles. The van der Waals surface area contributed by atoms with Gasteiger partial charge in [-0.2, -0.15) is 0 Å². The molecule has 0 radical (unpaired) electrons. The van der Waals surface area contributed by atoms with Gasteiger partial charge >= 0.3 is 0 Å². The maximum atomic E-state index is 8.32. The molecule has 0 bridgehead atoms. The number of rotatable bonds is 9. The molecule has 0 fully saturated rings. The average Bonchev–Trinajstić information content (AvgIpc) is 3.63. The smallest absolute Gasteiger partial charge is 0.142 e. The molecule has 6 aromatic rings. The second-order valence-corrected chi connectivity index (χ2v) is 12.4. The zero-order valence-corrected chi connectivity index (χ0v) is 27.8. The summed E-state index contributed by atoms with van der Waals surface area (Å²) in [5.41, 5.74) is 6.58. The first kappa shape index (κ1) is 30.8. The second kappa shape index (κ2) is 12.7. The first-order chi connectivity index (χ1) is 22.1. The Labute approximate surface area is 275 Å². The predicted octanol–water partition coefficient (Wildman–Crippen LogP) is 7.98. The Balaban J connectivity index is 1.21. The number of halogens is 1. The van der Waals surface area contributed by atoms with Crippen LogP contribution in [0.4, 0.5) is 0 Å². The van der Waals surface area contributed by atoms with Crippen molar-refractivity contribution in [3.63, 3.8) is 0 Å². The Morgan fingerprint density at radius 1 is 0.696 bits per heavy atom. The van der Waals surface area contributed by atoms with Gasteiger partial charge < -0.3 is 30.1 Å². The number of nitrogens with zero attached hydrogens (tertiary/aromatic N) is 2. The first-order valence-corrected chi connectivity index (χ1v) is 15.7. The van der Waals surface area contributed by atoms with Gasteiger partial charge in [-0.3, -0.25) is 10.8 Å². The summed E-state index contributed by atoms with van der Waals surface area (Å²) in [6.45, 7) is 8.04. The van der Waals surface area contributed by atoms with E-state index in [1.54, 1.807) is 7.11 Å². The fourth-order valence-electron chi connectivity index (χ4n) is 5.15. The van der Waals surface area contributed by atoms with Crippen molar-refractivity contribution in [1.82, 2.24) is 30.6 Å². The number of aromatic amines is 2. The molecule has 0 saturated carbocycles. The monoisotopic (exact) mass is 678 g/mol. The highest BCUT2D eigenvalue weighted by Crippen LogP contribution is 2.37. The molecule has 46 heavy (non-hydrogen) atoms. The standard InChI is InChI=1S/C35H35BrN8O2/c1-18(2)39-32(37)20-6-12-27-29(14-20)43-34(41-27)24-10-8-22(16-26(24)36)46-23-9-11-25(31(17-23)45-5)35-42-28-13-7-21(15-30(28)44-35)33(38)40-19(3)4/h6-19H,1-5H3,(H2,37,39)(H2,38,40)(H,41,43)(H,42,44). The van der Waals surface area contributed by atoms with Gasteiger partial charge in [-0.25, -0.2) is 9.97 Å². The SMILES string of the molecule is COc1cc(Oc2ccc(-c3nc4ccc(C(=N)NC(C)C)cc4[nH]3)c(Br)c2)ccc1-c1nc2ccc(C(=N)NC(C)C)cc2[nH]1. The Bertz CT molecular complexity index is 2100. The third-order valence-corrected chi connectivity index (χ3v) is 7.92. The minimum Gasteiger partial charge on any atom is -0.496 e. The number of hydrogen-bond acceptors (Lipinski definition) is 6. The number of benzene rings is 4. The Morgan fingerprint density at radius 2 is 1.20 bits per heavy atom. The Hall–Kier alpha value is -5.16. The van der Waals surface area contributed by atoms with Crippen LogP contribution >= 0.6 is 15.9 Å². The molecule has 6 rings (SSSR count). The molecular formula is C35H35BrN8O2. The summed E-state index contributed by atoms with van der Waals surface area (Å²) in [6, 6.07) is 23.2. The molecule has 0 spiro atoms. The van der Waals surface area contributed by atoms with E-state index in [4.69, 9.17) is 30.3 Å². The van der Waals surface area contributed by atoms with Crippen LogP contribution in [-0.2, 0) is 0 Å². The lowest BCUT2D eigenvalue weighted by molar-refractivity contribution is 0.410. The molecule has 234 valence electrons. The normalized spacial score (nSPS) is 11.4. The fourth-order valence-corrected chi connectivity index (χ4v) is 5.69. The number of hydrogen-bond donors (Lipinski definition) is 6. The summed E-state index contributed by atoms with van der Waals surface area (Å²) in [7, 11) is 1.62. The van der Waals surface area contributed by atoms with Crippen molar-refractivity contribution in [1.29, 1.82) is 10.8 Å². The van der Waals surface area contributed by atoms with Crippen molar-refractivity contribution in [2.45, 2.75) is 39.8 Å². The van der Waals surface area contributed by atoms with Crippen LogP contribution in [0.2, 0.25) is 0 Å². The molecular weight excluding hydrogens is 644 g/mol. The molecule has 0 saturated heterocycles. The molecule has 0 atom stereocenters. The van der Waals surface area contributed by atoms with Gasteiger partial charge in [0, 0.05) is 39.3 Å². The van der Waals surface area contributed by atoms with Crippen molar-refractivity contribution >= 4 is 49.7 Å². The molecule has 0 aliphatic rings. The molecule has 2 heterocycles. The zero-order chi connectivity index (χ0) is 32.5. The van der Waals surface area contributed by atoms with Gasteiger partial charge in [0.1, 0.15) is 40.6 Å². The lowest BCUT2D eigenvalue weighted by Gasteiger charge is -2.11. The molecule has 11 heteroatoms. The van der Waals surface area contributed by atoms with Crippen LogP contribution < -0.4 is 20.1 Å². The highest BCUT2D eigenvalue weighted by atomic mass is 79.9. The molecule has 0 aliphatic carbocycles. The Morgan fingerprint density at radius 3 is 1.70 bits per heavy atom. The summed E-state index contributed by atoms with van der Waals surface area (Å²) in [4.78, 5) is 16.3. The van der Waals surface area contributed by atoms with Gasteiger partial charge in [0.25, 0.3) is 0 Å². The van der Waals surface area contributed by atoms with Gasteiger partial charge in [0.05, 0.1) is 34.7 Å². The Kier molecular flexibility index (Phi) is 8.50. The van der Waals surface area contributed by atoms with Crippen LogP contribution in [0.5, 0.6) is 17.2 Å². The van der Waals surface area contributed by atoms with Crippen LogP contribution in [0.3, 0.4) is 0 Å². The van der Waals surface area contributed by atoms with E-state index >= 15 is 0 Å². The van der Waals surface area contributed by atoms with Gasteiger partial charge in [0.15, 0.2) is 0 Å². The summed E-state index contributed by atoms with van der Waals surface area (Å²) in [5, 5.41) is 22.9. The summed E-state index contributed by atoms with van der Waals surface area (Å²) in [5.74, 6) is 3.99. The maximum absolute atomic E-state index is 8.32. The maximum Gasteiger partial charge on any atom is 0.142 e. The minimum absolute atomic E-state index is 0.171. The number of fused-ring (bicyclic) bond motifs is 2. The summed E-state index contributed by atoms with van der Waals surface area (Å²) < 4.78 is 12.8. The number of H-pyrrole nitrogens is 2. The second-order valence-electron chi connectivity index (χ2n) is 11.6. The van der Waals surface area contributed by atoms with E-state index in [1.807, 2.05) is 100 Å². The number of amidine groups is 2. The molecule has 6 N–H and O–H groups in total. The topological polar surface area (TPSA) is 148 Å². The number of methoxy groups -OCH3 is 1. The highest BCUT2D eigenvalue weighted by Gasteiger charge is 2.16. The van der Waals surface area contributed by atoms with Crippen LogP contribution in [0.25, 0.3) is 44.8 Å². The summed E-state index contributed by atoms with van der Waals surface area (Å²) >= 11 is 3.69. The van der Waals surface area contributed by atoms with E-state index in [9.17, 15) is 0 Å². The lowest BCUT2D eigenvalue weighted by atomic mass is 10.1. The minimum atomic E-state index is 0.171. The van der Waals surface area contributed by atoms with Crippen LogP contribution in [0.1, 0.15) is 38.8 Å². The van der Waals surface area contributed by atoms with Gasteiger partial charge in [-0.1, -0.05) is 0 Å². The van der Waals surface area contributed by atoms with E-state index in [0.717, 1.165) is 48.8 Å². The fraction of sp³-hybridized carbons (Fsp3) is 0.200. The largest absolute Gasteiger partial charge is 0.496 e. The number of ether oxygens (including phenoxy) is 2. The third kappa shape index (κ3) is 6.45.